The molecule has 2 aromatic rings. The summed E-state index contributed by atoms with van der Waals surface area (Å²) in [5.74, 6) is -2.05. The van der Waals surface area contributed by atoms with Crippen LogP contribution in [0.3, 0.4) is 0 Å². The quantitative estimate of drug-likeness (QED) is 0.293. The number of carboxylic acids is 1. The molecule has 0 saturated heterocycles. The first-order chi connectivity index (χ1) is 15.3. The molecule has 0 spiro atoms. The number of esters is 1. The molecule has 8 heteroatoms. The van der Waals surface area contributed by atoms with E-state index in [2.05, 4.69) is 10.6 Å². The topological polar surface area (TPSA) is 125 Å². The molecule has 2 aromatic carbocycles. The second-order valence-electron chi connectivity index (χ2n) is 7.60. The Morgan fingerprint density at radius 2 is 1.75 bits per heavy atom. The maximum atomic E-state index is 12.8. The van der Waals surface area contributed by atoms with E-state index in [0.29, 0.717) is 19.4 Å². The second-order valence-corrected chi connectivity index (χ2v) is 7.60. The average molecular weight is 443 g/mol. The first-order valence-electron chi connectivity index (χ1n) is 10.5. The molecule has 2 rings (SSSR count). The lowest BCUT2D eigenvalue weighted by molar-refractivity contribution is -0.145. The number of hydrogen-bond acceptors (Lipinski definition) is 6. The second kappa shape index (κ2) is 12.5. The Labute approximate surface area is 187 Å². The van der Waals surface area contributed by atoms with Gasteiger partial charge in [0.25, 0.3) is 0 Å². The minimum absolute atomic E-state index is 0.235. The molecule has 8 nitrogen and oxygen atoms in total. The van der Waals surface area contributed by atoms with Crippen molar-refractivity contribution in [3.63, 3.8) is 0 Å². The minimum atomic E-state index is -1.12. The van der Waals surface area contributed by atoms with Crippen molar-refractivity contribution in [3.05, 3.63) is 65.2 Å². The van der Waals surface area contributed by atoms with E-state index in [4.69, 9.17) is 4.74 Å². The number of aromatic hydroxyl groups is 1. The zero-order valence-corrected chi connectivity index (χ0v) is 18.3. The van der Waals surface area contributed by atoms with Crippen LogP contribution in [0.1, 0.15) is 29.5 Å². The van der Waals surface area contributed by atoms with E-state index in [0.717, 1.165) is 16.7 Å². The largest absolute Gasteiger partial charge is 0.508 e. The van der Waals surface area contributed by atoms with Crippen molar-refractivity contribution in [1.82, 2.24) is 10.6 Å². The number of nitrogens with one attached hydrogen (secondary N) is 2. The highest BCUT2D eigenvalue weighted by Gasteiger charge is 2.27. The van der Waals surface area contributed by atoms with Crippen molar-refractivity contribution in [2.45, 2.75) is 44.7 Å². The third-order valence-electron chi connectivity index (χ3n) is 5.07. The summed E-state index contributed by atoms with van der Waals surface area (Å²) in [6.45, 7) is 2.23. The Kier molecular flexibility index (Phi) is 9.69. The van der Waals surface area contributed by atoms with Crippen LogP contribution >= 0.6 is 0 Å². The highest BCUT2D eigenvalue weighted by Crippen LogP contribution is 2.17. The molecule has 2 atom stereocenters. The zero-order chi connectivity index (χ0) is 23.5. The highest BCUT2D eigenvalue weighted by molar-refractivity contribution is 5.90. The van der Waals surface area contributed by atoms with E-state index in [-0.39, 0.29) is 12.2 Å². The number of carbonyl (C=O) groups is 3. The normalized spacial score (nSPS) is 12.6. The Morgan fingerprint density at radius 3 is 2.38 bits per heavy atom. The number of benzene rings is 2. The van der Waals surface area contributed by atoms with E-state index in [9.17, 15) is 24.6 Å². The minimum Gasteiger partial charge on any atom is -0.508 e. The van der Waals surface area contributed by atoms with Crippen LogP contribution in [0, 0.1) is 6.92 Å². The van der Waals surface area contributed by atoms with Gasteiger partial charge in [0.15, 0.2) is 0 Å². The molecule has 0 bridgehead atoms. The molecule has 0 aliphatic carbocycles. The lowest BCUT2D eigenvalue weighted by Crippen LogP contribution is -2.52. The predicted molar refractivity (Wildman–Crippen MR) is 119 cm³/mol. The van der Waals surface area contributed by atoms with Crippen LogP contribution in [0.2, 0.25) is 0 Å². The predicted octanol–water partition coefficient (Wildman–Crippen LogP) is 1.97. The van der Waals surface area contributed by atoms with Crippen LogP contribution in [0.25, 0.3) is 0 Å². The number of carbonyl (C=O) groups excluding carboxylic acids is 2. The molecule has 4 N–H and O–H groups in total. The lowest BCUT2D eigenvalue weighted by atomic mass is 10.0. The van der Waals surface area contributed by atoms with Gasteiger partial charge in [-0.3, -0.25) is 9.59 Å². The van der Waals surface area contributed by atoms with Crippen molar-refractivity contribution in [2.24, 2.45) is 0 Å². The molecular formula is C24H30N2O6. The van der Waals surface area contributed by atoms with E-state index >= 15 is 0 Å². The van der Waals surface area contributed by atoms with Crippen LogP contribution in [0.4, 0.5) is 0 Å². The molecule has 0 heterocycles. The SMILES string of the molecule is COC(=O)[C@H](Cc1ccccc1)NC(=O)[C@H](CC(=O)O)NCCCc1ccc(O)c(C)c1. The van der Waals surface area contributed by atoms with Crippen LogP contribution in [-0.2, 0) is 32.0 Å². The summed E-state index contributed by atoms with van der Waals surface area (Å²) in [7, 11) is 1.24. The molecule has 0 unspecified atom stereocenters. The fourth-order valence-corrected chi connectivity index (χ4v) is 3.33. The van der Waals surface area contributed by atoms with Crippen LogP contribution in [0.5, 0.6) is 5.75 Å². The van der Waals surface area contributed by atoms with Gasteiger partial charge in [0, 0.05) is 6.42 Å². The van der Waals surface area contributed by atoms with Crippen molar-refractivity contribution in [2.75, 3.05) is 13.7 Å². The number of aryl methyl sites for hydroxylation is 2. The van der Waals surface area contributed by atoms with Crippen LogP contribution in [0.15, 0.2) is 48.5 Å². The van der Waals surface area contributed by atoms with Gasteiger partial charge in [-0.15, -0.1) is 0 Å². The lowest BCUT2D eigenvalue weighted by Gasteiger charge is -2.21. The fourth-order valence-electron chi connectivity index (χ4n) is 3.33. The number of methoxy groups -OCH3 is 1. The smallest absolute Gasteiger partial charge is 0.328 e. The molecule has 0 aliphatic heterocycles. The zero-order valence-electron chi connectivity index (χ0n) is 18.3. The summed E-state index contributed by atoms with van der Waals surface area (Å²) < 4.78 is 4.80. The van der Waals surface area contributed by atoms with E-state index in [1.54, 1.807) is 6.07 Å². The number of ether oxygens (including phenoxy) is 1. The highest BCUT2D eigenvalue weighted by atomic mass is 16.5. The summed E-state index contributed by atoms with van der Waals surface area (Å²) in [5.41, 5.74) is 2.66. The number of phenols is 1. The molecule has 172 valence electrons. The number of aliphatic carboxylic acids is 1. The number of carboxylic acid groups (broad SMARTS) is 1. The van der Waals surface area contributed by atoms with Gasteiger partial charge in [-0.25, -0.2) is 4.79 Å². The van der Waals surface area contributed by atoms with Gasteiger partial charge in [0.1, 0.15) is 11.8 Å². The van der Waals surface area contributed by atoms with E-state index in [1.807, 2.05) is 49.4 Å². The molecule has 0 radical (unpaired) electrons. The molecule has 1 amide bonds. The first-order valence-corrected chi connectivity index (χ1v) is 10.5. The molecule has 0 saturated carbocycles. The van der Waals surface area contributed by atoms with Gasteiger partial charge >= 0.3 is 11.9 Å². The maximum absolute atomic E-state index is 12.8. The van der Waals surface area contributed by atoms with Crippen LogP contribution < -0.4 is 10.6 Å². The molecule has 0 aromatic heterocycles. The van der Waals surface area contributed by atoms with Gasteiger partial charge in [0.05, 0.1) is 19.6 Å². The summed E-state index contributed by atoms with van der Waals surface area (Å²) >= 11 is 0. The monoisotopic (exact) mass is 442 g/mol. The summed E-state index contributed by atoms with van der Waals surface area (Å²) in [5, 5.41) is 24.4. The van der Waals surface area contributed by atoms with Gasteiger partial charge in [-0.2, -0.15) is 0 Å². The van der Waals surface area contributed by atoms with Crippen molar-refractivity contribution < 1.29 is 29.3 Å². The summed E-state index contributed by atoms with van der Waals surface area (Å²) in [6.07, 6.45) is 1.19. The Hall–Kier alpha value is -3.39. The van der Waals surface area contributed by atoms with Gasteiger partial charge in [0.2, 0.25) is 5.91 Å². The number of phenolic OH excluding ortho intramolecular Hbond substituents is 1. The Balaban J connectivity index is 1.96. The first kappa shape index (κ1) is 24.9. The van der Waals surface area contributed by atoms with Crippen LogP contribution in [-0.4, -0.2) is 53.8 Å². The van der Waals surface area contributed by atoms with Gasteiger partial charge in [-0.1, -0.05) is 42.5 Å². The maximum Gasteiger partial charge on any atom is 0.328 e. The Morgan fingerprint density at radius 1 is 1.03 bits per heavy atom. The number of hydrogen-bond donors (Lipinski definition) is 4. The summed E-state index contributed by atoms with van der Waals surface area (Å²) in [6, 6.07) is 12.6. The molecule has 0 fully saturated rings. The Bertz CT molecular complexity index is 916. The van der Waals surface area contributed by atoms with Gasteiger partial charge in [-0.05, 0) is 49.1 Å². The summed E-state index contributed by atoms with van der Waals surface area (Å²) in [4.78, 5) is 36.2. The molecular weight excluding hydrogens is 412 g/mol. The standard InChI is InChI=1S/C24H30N2O6/c1-16-13-18(10-11-21(16)27)9-6-12-25-19(15-22(28)29)23(30)26-20(24(31)32-2)14-17-7-4-3-5-8-17/h3-5,7-8,10-11,13,19-20,25,27H,6,9,12,14-15H2,1-2H3,(H,26,30)(H,28,29)/t19-,20-/m0/s1. The third-order valence-corrected chi connectivity index (χ3v) is 5.07. The van der Waals surface area contributed by atoms with Crippen molar-refractivity contribution in [3.8, 4) is 5.75 Å². The van der Waals surface area contributed by atoms with E-state index in [1.165, 1.54) is 7.11 Å². The number of rotatable bonds is 12. The number of amides is 1. The molecule has 0 aliphatic rings. The molecule has 32 heavy (non-hydrogen) atoms. The third kappa shape index (κ3) is 8.03. The van der Waals surface area contributed by atoms with Crippen molar-refractivity contribution >= 4 is 17.8 Å². The average Bonchev–Trinajstić information content (AvgIpc) is 2.77. The van der Waals surface area contributed by atoms with E-state index < -0.39 is 36.4 Å². The fraction of sp³-hybridized carbons (Fsp3) is 0.375. The van der Waals surface area contributed by atoms with Gasteiger partial charge < -0.3 is 25.6 Å². The van der Waals surface area contributed by atoms with Crippen molar-refractivity contribution in [1.29, 1.82) is 0 Å².